The summed E-state index contributed by atoms with van der Waals surface area (Å²) in [6.45, 7) is 4.75. The Morgan fingerprint density at radius 3 is 1.14 bits per heavy atom. The van der Waals surface area contributed by atoms with Gasteiger partial charge in [0, 0.05) is 0 Å². The first-order chi connectivity index (χ1) is 2.41. The first kappa shape index (κ1) is 22.5. The standard InChI is InChI=1S/CN.Au.2ClH.2K/c1-2;;;;;/h;;2*1H;;/q-1;+1;;;2*+1/p-2. The van der Waals surface area contributed by atoms with Crippen molar-refractivity contribution in [2.75, 3.05) is 0 Å². The maximum absolute atomic E-state index is 6.25. The van der Waals surface area contributed by atoms with Crippen molar-refractivity contribution >= 4 is 18.4 Å². The first-order valence-corrected chi connectivity index (χ1v) is 5.82. The number of hydrogen-bond acceptors (Lipinski definition) is 1. The summed E-state index contributed by atoms with van der Waals surface area (Å²) in [7, 11) is 9.72. The molecule has 0 aromatic carbocycles. The number of rotatable bonds is 0. The predicted octanol–water partition coefficient (Wildman–Crippen LogP) is -4.52. The molecule has 0 spiro atoms. The van der Waals surface area contributed by atoms with Gasteiger partial charge in [-0.1, -0.05) is 0 Å². The number of halogens is 2. The van der Waals surface area contributed by atoms with Crippen LogP contribution in [0.4, 0.5) is 0 Å². The van der Waals surface area contributed by atoms with Crippen molar-refractivity contribution in [2.45, 2.75) is 0 Å². The van der Waals surface area contributed by atoms with Crippen molar-refractivity contribution in [3.05, 3.63) is 6.57 Å². The van der Waals surface area contributed by atoms with Gasteiger partial charge in [-0.25, -0.2) is 0 Å². The summed E-state index contributed by atoms with van der Waals surface area (Å²) in [5.74, 6) is 0. The van der Waals surface area contributed by atoms with Gasteiger partial charge in [0.25, 0.3) is 0 Å². The minimum Gasteiger partial charge on any atom is 1.00 e. The van der Waals surface area contributed by atoms with Crippen molar-refractivity contribution in [2.24, 2.45) is 0 Å². The van der Waals surface area contributed by atoms with Crippen molar-refractivity contribution in [3.8, 4) is 0 Å². The zero-order chi connectivity index (χ0) is 4.71. The largest absolute Gasteiger partial charge is 1.00 e. The average Bonchev–Trinajstić information content (AvgIpc) is 1.46. The molecule has 0 bridgehead atoms. The molecule has 0 N–H and O–H groups in total. The van der Waals surface area contributed by atoms with Gasteiger partial charge in [0.05, 0.1) is 0 Å². The summed E-state index contributed by atoms with van der Waals surface area (Å²) in [6.07, 6.45) is 0. The second-order valence-electron chi connectivity index (χ2n) is 0.0431. The predicted molar refractivity (Wildman–Crippen MR) is 16.7 cm³/mol. The van der Waals surface area contributed by atoms with Gasteiger partial charge in [-0.05, 0) is 0 Å². The molecule has 0 unspecified atom stereocenters. The van der Waals surface area contributed by atoms with Crippen LogP contribution in [-0.2, 0) is 17.6 Å². The van der Waals surface area contributed by atoms with Crippen LogP contribution >= 0.6 is 18.4 Å². The molecule has 6 heteroatoms. The van der Waals surface area contributed by atoms with E-state index in [1.807, 2.05) is 0 Å². The maximum atomic E-state index is 6.25. The van der Waals surface area contributed by atoms with Gasteiger partial charge in [0.2, 0.25) is 0 Å². The molecule has 0 rings (SSSR count). The van der Waals surface area contributed by atoms with E-state index in [-0.39, 0.29) is 120 Å². The van der Waals surface area contributed by atoms with E-state index in [9.17, 15) is 0 Å². The van der Waals surface area contributed by atoms with Gasteiger partial charge in [-0.3, -0.25) is 0 Å². The molecule has 0 saturated carbocycles. The van der Waals surface area contributed by atoms with Crippen LogP contribution in [0.25, 0.3) is 0 Å². The van der Waals surface area contributed by atoms with Crippen LogP contribution in [0.3, 0.4) is 0 Å². The first-order valence-electron chi connectivity index (χ1n) is 0.452. The molecule has 0 aliphatic carbocycles. The van der Waals surface area contributed by atoms with Crippen molar-refractivity contribution in [3.63, 3.8) is 0 Å². The average molecular weight is 372 g/mol. The third kappa shape index (κ3) is 39.5. The van der Waals surface area contributed by atoms with E-state index in [1.165, 1.54) is 0 Å². The Hall–Kier alpha value is 4.08. The van der Waals surface area contributed by atoms with Gasteiger partial charge in [-0.15, -0.1) is 0 Å². The molecule has 0 fully saturated rings. The van der Waals surface area contributed by atoms with Gasteiger partial charge in [-0.2, -0.15) is 0 Å². The van der Waals surface area contributed by atoms with Gasteiger partial charge in [0.15, 0.2) is 0 Å². The smallest absolute Gasteiger partial charge is 1.00 e. The van der Waals surface area contributed by atoms with Crippen LogP contribution in [0.5, 0.6) is 0 Å². The van der Waals surface area contributed by atoms with E-state index in [2.05, 4.69) is 0 Å². The number of hydrogen-bond donors (Lipinski definition) is 0. The molecule has 0 aromatic rings. The summed E-state index contributed by atoms with van der Waals surface area (Å²) in [6, 6.07) is 0. The molecule has 0 heterocycles. The normalized spacial score (nSPS) is 3.43. The van der Waals surface area contributed by atoms with Crippen LogP contribution in [0.2, 0.25) is 0 Å². The Labute approximate surface area is 146 Å². The minimum atomic E-state index is -0.389. The van der Waals surface area contributed by atoms with E-state index < -0.39 is 0 Å². The van der Waals surface area contributed by atoms with Crippen molar-refractivity contribution in [1.82, 2.24) is 0 Å². The second kappa shape index (κ2) is 32.2. The summed E-state index contributed by atoms with van der Waals surface area (Å²) in [5.41, 5.74) is 0. The summed E-state index contributed by atoms with van der Waals surface area (Å²) >= 11 is -0.389. The molecule has 0 saturated heterocycles. The Kier molecular flexibility index (Phi) is 103. The van der Waals surface area contributed by atoms with Crippen LogP contribution in [-0.4, -0.2) is 0 Å². The van der Waals surface area contributed by atoms with Crippen LogP contribution in [0.1, 0.15) is 0 Å². The van der Waals surface area contributed by atoms with Crippen LogP contribution < -0.4 is 103 Å². The third-order valence-electron chi connectivity index (χ3n) is 0. The van der Waals surface area contributed by atoms with E-state index in [4.69, 9.17) is 30.2 Å². The topological polar surface area (TPSA) is 23.8 Å². The summed E-state index contributed by atoms with van der Waals surface area (Å²) in [4.78, 5) is 0. The molecule has 1 nitrogen and oxygen atoms in total. The fourth-order valence-electron chi connectivity index (χ4n) is 0. The van der Waals surface area contributed by atoms with Gasteiger partial charge < -0.3 is 11.8 Å². The number of nitrogens with zero attached hydrogens (tertiary/aromatic N) is 1. The third-order valence-corrected chi connectivity index (χ3v) is 0. The van der Waals surface area contributed by atoms with Crippen molar-refractivity contribution in [1.29, 1.82) is 5.26 Å². The van der Waals surface area contributed by atoms with Gasteiger partial charge >= 0.3 is 139 Å². The molecular formula is CAuCl2K2N. The molecule has 0 radical (unpaired) electrons. The summed E-state index contributed by atoms with van der Waals surface area (Å²) in [5, 5.41) is 6.25. The molecular weight excluding hydrogens is 372 g/mol. The van der Waals surface area contributed by atoms with Gasteiger partial charge in [0.1, 0.15) is 0 Å². The van der Waals surface area contributed by atoms with Crippen LogP contribution in [0.15, 0.2) is 0 Å². The van der Waals surface area contributed by atoms with E-state index in [1.54, 1.807) is 0 Å². The zero-order valence-corrected chi connectivity index (χ0v) is 13.9. The molecule has 0 amide bonds. The van der Waals surface area contributed by atoms with E-state index >= 15 is 0 Å². The summed E-state index contributed by atoms with van der Waals surface area (Å²) < 4.78 is 0. The van der Waals surface area contributed by atoms with E-state index in [0.29, 0.717) is 0 Å². The fourth-order valence-corrected chi connectivity index (χ4v) is 0. The zero-order valence-electron chi connectivity index (χ0n) is 4.00. The molecule has 36 valence electrons. The van der Waals surface area contributed by atoms with Crippen molar-refractivity contribution < 1.29 is 120 Å². The van der Waals surface area contributed by atoms with E-state index in [0.717, 1.165) is 0 Å². The monoisotopic (exact) mass is 371 g/mol. The quantitative estimate of drug-likeness (QED) is 0.311. The maximum Gasteiger partial charge on any atom is 1.00 e. The second-order valence-corrected chi connectivity index (χ2v) is 3.17. The minimum absolute atomic E-state index is 0. The van der Waals surface area contributed by atoms with Crippen LogP contribution in [0, 0.1) is 11.8 Å². The molecule has 0 aromatic heterocycles. The SMILES string of the molecule is [C-]#N.[Cl][Au-][Cl].[K+].[K+]. The molecule has 7 heavy (non-hydrogen) atoms. The molecule has 0 aliphatic rings. The fraction of sp³-hybridized carbons (Fsp3) is 0. The molecule has 0 aliphatic heterocycles. The molecule has 0 atom stereocenters. The Morgan fingerprint density at radius 1 is 1.14 bits per heavy atom. The Bertz CT molecular complexity index is 26.9. The Balaban J connectivity index is -0.0000000105. The Morgan fingerprint density at radius 2 is 1.14 bits per heavy atom.